The molecule has 0 spiro atoms. The van der Waals surface area contributed by atoms with E-state index >= 15 is 0 Å². The molecular weight excluding hydrogens is 332 g/mol. The molecule has 6 heteroatoms. The minimum atomic E-state index is -0.124. The molecule has 0 saturated heterocycles. The zero-order valence-corrected chi connectivity index (χ0v) is 15.0. The van der Waals surface area contributed by atoms with Gasteiger partial charge in [0, 0.05) is 24.8 Å². The number of nitrogens with one attached hydrogen (secondary N) is 1. The summed E-state index contributed by atoms with van der Waals surface area (Å²) < 4.78 is 10.8. The second-order valence-corrected chi connectivity index (χ2v) is 6.06. The van der Waals surface area contributed by atoms with Crippen LogP contribution in [-0.4, -0.2) is 32.1 Å². The van der Waals surface area contributed by atoms with Crippen LogP contribution < -0.4 is 19.7 Å². The Bertz CT molecular complexity index is 819. The monoisotopic (exact) mass is 354 g/mol. The SMILES string of the molecule is COc1ccccc1OCCC(=O)Nc1ccc2c(c1)CCN2C(C)=O. The van der Waals surface area contributed by atoms with Crippen LogP contribution >= 0.6 is 0 Å². The fourth-order valence-electron chi connectivity index (χ4n) is 3.02. The van der Waals surface area contributed by atoms with E-state index in [1.165, 1.54) is 0 Å². The van der Waals surface area contributed by atoms with E-state index in [0.29, 0.717) is 18.0 Å². The third-order valence-corrected chi connectivity index (χ3v) is 4.29. The van der Waals surface area contributed by atoms with Gasteiger partial charge in [0.1, 0.15) is 0 Å². The van der Waals surface area contributed by atoms with E-state index < -0.39 is 0 Å². The van der Waals surface area contributed by atoms with E-state index in [0.717, 1.165) is 23.4 Å². The van der Waals surface area contributed by atoms with Crippen molar-refractivity contribution in [3.63, 3.8) is 0 Å². The molecule has 2 amide bonds. The number of carbonyl (C=O) groups excluding carboxylic acids is 2. The highest BCUT2D eigenvalue weighted by molar-refractivity contribution is 5.95. The Morgan fingerprint density at radius 1 is 1.15 bits per heavy atom. The average molecular weight is 354 g/mol. The number of para-hydroxylation sites is 2. The number of hydrogen-bond donors (Lipinski definition) is 1. The van der Waals surface area contributed by atoms with Crippen molar-refractivity contribution >= 4 is 23.2 Å². The van der Waals surface area contributed by atoms with Gasteiger partial charge in [0.25, 0.3) is 0 Å². The van der Waals surface area contributed by atoms with Crippen LogP contribution in [0, 0.1) is 0 Å². The summed E-state index contributed by atoms with van der Waals surface area (Å²) in [5.41, 5.74) is 2.73. The fourth-order valence-corrected chi connectivity index (χ4v) is 3.02. The van der Waals surface area contributed by atoms with Crippen molar-refractivity contribution in [1.82, 2.24) is 0 Å². The molecule has 0 unspecified atom stereocenters. The van der Waals surface area contributed by atoms with E-state index in [9.17, 15) is 9.59 Å². The molecule has 1 N–H and O–H groups in total. The van der Waals surface area contributed by atoms with Crippen molar-refractivity contribution in [2.75, 3.05) is 30.5 Å². The highest BCUT2D eigenvalue weighted by atomic mass is 16.5. The molecule has 0 fully saturated rings. The first kappa shape index (κ1) is 17.8. The average Bonchev–Trinajstić information content (AvgIpc) is 3.05. The van der Waals surface area contributed by atoms with Crippen molar-refractivity contribution < 1.29 is 19.1 Å². The molecule has 0 bridgehead atoms. The Hall–Kier alpha value is -3.02. The highest BCUT2D eigenvalue weighted by Gasteiger charge is 2.22. The van der Waals surface area contributed by atoms with E-state index in [2.05, 4.69) is 5.32 Å². The van der Waals surface area contributed by atoms with Gasteiger partial charge in [-0.05, 0) is 42.3 Å². The number of amides is 2. The maximum Gasteiger partial charge on any atom is 0.227 e. The standard InChI is InChI=1S/C20H22N2O4/c1-14(23)22-11-9-15-13-16(7-8-17(15)22)21-20(24)10-12-26-19-6-4-3-5-18(19)25-2/h3-8,13H,9-12H2,1-2H3,(H,21,24). The van der Waals surface area contributed by atoms with Gasteiger partial charge < -0.3 is 19.7 Å². The molecule has 0 radical (unpaired) electrons. The summed E-state index contributed by atoms with van der Waals surface area (Å²) in [5, 5.41) is 2.88. The fraction of sp³-hybridized carbons (Fsp3) is 0.300. The third kappa shape index (κ3) is 3.96. The van der Waals surface area contributed by atoms with Gasteiger partial charge in [0.05, 0.1) is 20.1 Å². The minimum Gasteiger partial charge on any atom is -0.493 e. The second-order valence-electron chi connectivity index (χ2n) is 6.06. The normalized spacial score (nSPS) is 12.5. The lowest BCUT2D eigenvalue weighted by molar-refractivity contribution is -0.117. The number of benzene rings is 2. The van der Waals surface area contributed by atoms with Gasteiger partial charge >= 0.3 is 0 Å². The van der Waals surface area contributed by atoms with Gasteiger partial charge in [0.2, 0.25) is 11.8 Å². The van der Waals surface area contributed by atoms with Crippen molar-refractivity contribution in [2.24, 2.45) is 0 Å². The molecule has 3 rings (SSSR count). The number of fused-ring (bicyclic) bond motifs is 1. The Balaban J connectivity index is 1.53. The summed E-state index contributed by atoms with van der Waals surface area (Å²) >= 11 is 0. The summed E-state index contributed by atoms with van der Waals surface area (Å²) in [5.74, 6) is 1.17. The Morgan fingerprint density at radius 3 is 2.65 bits per heavy atom. The zero-order chi connectivity index (χ0) is 18.5. The number of anilines is 2. The first-order valence-corrected chi connectivity index (χ1v) is 8.55. The quantitative estimate of drug-likeness (QED) is 0.866. The van der Waals surface area contributed by atoms with Crippen LogP contribution in [0.15, 0.2) is 42.5 Å². The number of ether oxygens (including phenoxy) is 2. The first-order chi connectivity index (χ1) is 12.6. The van der Waals surface area contributed by atoms with Crippen LogP contribution in [0.25, 0.3) is 0 Å². The Labute approximate surface area is 152 Å². The minimum absolute atomic E-state index is 0.0361. The van der Waals surface area contributed by atoms with Crippen LogP contribution in [-0.2, 0) is 16.0 Å². The molecule has 0 aromatic heterocycles. The van der Waals surface area contributed by atoms with Crippen molar-refractivity contribution in [2.45, 2.75) is 19.8 Å². The van der Waals surface area contributed by atoms with E-state index in [1.54, 1.807) is 25.0 Å². The number of nitrogens with zero attached hydrogens (tertiary/aromatic N) is 1. The summed E-state index contributed by atoms with van der Waals surface area (Å²) in [6, 6.07) is 13.0. The maximum atomic E-state index is 12.1. The van der Waals surface area contributed by atoms with Crippen LogP contribution in [0.5, 0.6) is 11.5 Å². The van der Waals surface area contributed by atoms with Gasteiger partial charge in [-0.2, -0.15) is 0 Å². The van der Waals surface area contributed by atoms with Crippen LogP contribution in [0.3, 0.4) is 0 Å². The topological polar surface area (TPSA) is 67.9 Å². The predicted octanol–water partition coefficient (Wildman–Crippen LogP) is 3.01. The Morgan fingerprint density at radius 2 is 1.92 bits per heavy atom. The van der Waals surface area contributed by atoms with E-state index in [1.807, 2.05) is 36.4 Å². The predicted molar refractivity (Wildman–Crippen MR) is 99.9 cm³/mol. The number of hydrogen-bond acceptors (Lipinski definition) is 4. The van der Waals surface area contributed by atoms with Crippen LogP contribution in [0.1, 0.15) is 18.9 Å². The molecule has 0 atom stereocenters. The molecule has 1 aliphatic rings. The summed E-state index contributed by atoms with van der Waals surface area (Å²) in [4.78, 5) is 25.5. The summed E-state index contributed by atoms with van der Waals surface area (Å²) in [6.07, 6.45) is 1.03. The molecule has 2 aromatic rings. The number of methoxy groups -OCH3 is 1. The molecule has 26 heavy (non-hydrogen) atoms. The largest absolute Gasteiger partial charge is 0.493 e. The molecule has 2 aromatic carbocycles. The molecule has 1 heterocycles. The van der Waals surface area contributed by atoms with Gasteiger partial charge in [-0.1, -0.05) is 12.1 Å². The van der Waals surface area contributed by atoms with Crippen molar-refractivity contribution in [3.8, 4) is 11.5 Å². The Kier molecular flexibility index (Phi) is 5.41. The van der Waals surface area contributed by atoms with Crippen LogP contribution in [0.4, 0.5) is 11.4 Å². The molecule has 136 valence electrons. The van der Waals surface area contributed by atoms with Crippen LogP contribution in [0.2, 0.25) is 0 Å². The van der Waals surface area contributed by atoms with Gasteiger partial charge in [-0.3, -0.25) is 9.59 Å². The molecule has 1 aliphatic heterocycles. The smallest absolute Gasteiger partial charge is 0.227 e. The summed E-state index contributed by atoms with van der Waals surface area (Å²) in [7, 11) is 1.58. The van der Waals surface area contributed by atoms with Gasteiger partial charge in [-0.15, -0.1) is 0 Å². The zero-order valence-electron chi connectivity index (χ0n) is 15.0. The molecule has 6 nitrogen and oxygen atoms in total. The second kappa shape index (κ2) is 7.91. The first-order valence-electron chi connectivity index (χ1n) is 8.55. The maximum absolute atomic E-state index is 12.1. The lowest BCUT2D eigenvalue weighted by Gasteiger charge is -2.15. The van der Waals surface area contributed by atoms with Gasteiger partial charge in [0.15, 0.2) is 11.5 Å². The van der Waals surface area contributed by atoms with Crippen molar-refractivity contribution in [3.05, 3.63) is 48.0 Å². The molecule has 0 saturated carbocycles. The molecule has 0 aliphatic carbocycles. The lowest BCUT2D eigenvalue weighted by atomic mass is 10.1. The molecular formula is C20H22N2O4. The summed E-state index contributed by atoms with van der Waals surface area (Å²) in [6.45, 7) is 2.51. The number of rotatable bonds is 6. The highest BCUT2D eigenvalue weighted by Crippen LogP contribution is 2.30. The third-order valence-electron chi connectivity index (χ3n) is 4.29. The van der Waals surface area contributed by atoms with E-state index in [4.69, 9.17) is 9.47 Å². The van der Waals surface area contributed by atoms with Crippen molar-refractivity contribution in [1.29, 1.82) is 0 Å². The van der Waals surface area contributed by atoms with E-state index in [-0.39, 0.29) is 24.8 Å². The number of carbonyl (C=O) groups is 2. The van der Waals surface area contributed by atoms with Gasteiger partial charge in [-0.25, -0.2) is 0 Å². The lowest BCUT2D eigenvalue weighted by Crippen LogP contribution is -2.25.